The average molecular weight is 367 g/mol. The largest absolute Gasteiger partial charge is 0.444 e. The summed E-state index contributed by atoms with van der Waals surface area (Å²) in [6.45, 7) is 1.91. The van der Waals surface area contributed by atoms with E-state index in [4.69, 9.17) is 13.8 Å². The van der Waals surface area contributed by atoms with Crippen LogP contribution in [0, 0.1) is 0 Å². The van der Waals surface area contributed by atoms with Crippen molar-refractivity contribution < 1.29 is 27.9 Å². The van der Waals surface area contributed by atoms with Gasteiger partial charge in [-0.2, -0.15) is 0 Å². The summed E-state index contributed by atoms with van der Waals surface area (Å²) in [5.41, 5.74) is 1.86. The minimum absolute atomic E-state index is 0.0304. The average Bonchev–Trinajstić information content (AvgIpc) is 2.95. The second-order valence-electron chi connectivity index (χ2n) is 5.50. The first-order valence-electron chi connectivity index (χ1n) is 7.88. The lowest BCUT2D eigenvalue weighted by molar-refractivity contribution is -0.124. The van der Waals surface area contributed by atoms with Crippen molar-refractivity contribution in [2.24, 2.45) is 0 Å². The molecule has 1 aromatic carbocycles. The molecule has 7 nitrogen and oxygen atoms in total. The summed E-state index contributed by atoms with van der Waals surface area (Å²) in [6.07, 6.45) is -0.332. The fourth-order valence-corrected chi connectivity index (χ4v) is 3.77. The third-order valence-corrected chi connectivity index (χ3v) is 5.88. The molecule has 0 aromatic heterocycles. The van der Waals surface area contributed by atoms with E-state index in [2.05, 4.69) is 0 Å². The van der Waals surface area contributed by atoms with Gasteiger partial charge in [-0.05, 0) is 17.6 Å². The summed E-state index contributed by atoms with van der Waals surface area (Å²) < 4.78 is 27.4. The van der Waals surface area contributed by atoms with E-state index in [1.54, 1.807) is 6.92 Å². The number of ether oxygens (including phenoxy) is 1. The number of nitrogens with zero attached hydrogens (tertiary/aromatic N) is 1. The lowest BCUT2D eigenvalue weighted by Crippen LogP contribution is -2.34. The fraction of sp³-hybridized carbons (Fsp3) is 0.412. The lowest BCUT2D eigenvalue weighted by atomic mass is 10.1. The number of hydrogen-bond acceptors (Lipinski definition) is 6. The standard InChI is InChI=1S/C17H22NO6P/c1-4-15-14(12-25(21,22-2)23-3)10-18(16(15)19)17(20)24-11-13-8-6-5-7-9-13/h5-9H,4,10-12H2,1-3H3. The third-order valence-electron chi connectivity index (χ3n) is 4.00. The number of carbonyl (C=O) groups excluding carboxylic acids is 2. The Kier molecular flexibility index (Phi) is 6.53. The number of rotatable bonds is 7. The molecule has 0 spiro atoms. The zero-order valence-corrected chi connectivity index (χ0v) is 15.5. The second-order valence-corrected chi connectivity index (χ2v) is 7.77. The third kappa shape index (κ3) is 4.57. The number of benzene rings is 1. The summed E-state index contributed by atoms with van der Waals surface area (Å²) in [6, 6.07) is 9.20. The van der Waals surface area contributed by atoms with Gasteiger partial charge in [-0.3, -0.25) is 9.36 Å². The molecule has 0 bridgehead atoms. The summed E-state index contributed by atoms with van der Waals surface area (Å²) >= 11 is 0. The summed E-state index contributed by atoms with van der Waals surface area (Å²) in [4.78, 5) is 25.7. The summed E-state index contributed by atoms with van der Waals surface area (Å²) in [5.74, 6) is -0.422. The molecular weight excluding hydrogens is 345 g/mol. The lowest BCUT2D eigenvalue weighted by Gasteiger charge is -2.16. The van der Waals surface area contributed by atoms with Gasteiger partial charge in [0.25, 0.3) is 5.91 Å². The Morgan fingerprint density at radius 1 is 1.20 bits per heavy atom. The Morgan fingerprint density at radius 2 is 1.84 bits per heavy atom. The van der Waals surface area contributed by atoms with Crippen molar-refractivity contribution in [1.82, 2.24) is 4.90 Å². The molecule has 2 rings (SSSR count). The maximum Gasteiger partial charge on any atom is 0.417 e. The summed E-state index contributed by atoms with van der Waals surface area (Å²) in [7, 11) is -0.735. The van der Waals surface area contributed by atoms with E-state index in [1.165, 1.54) is 14.2 Å². The van der Waals surface area contributed by atoms with Crippen LogP contribution in [-0.4, -0.2) is 43.8 Å². The fourth-order valence-electron chi connectivity index (χ4n) is 2.60. The number of imide groups is 1. The molecule has 0 saturated heterocycles. The molecule has 25 heavy (non-hydrogen) atoms. The van der Waals surface area contributed by atoms with E-state index in [-0.39, 0.29) is 19.3 Å². The number of carbonyl (C=O) groups is 2. The van der Waals surface area contributed by atoms with Crippen molar-refractivity contribution in [2.75, 3.05) is 26.9 Å². The van der Waals surface area contributed by atoms with Gasteiger partial charge in [-0.25, -0.2) is 9.69 Å². The summed E-state index contributed by atoms with van der Waals surface area (Å²) in [5, 5.41) is 0. The molecule has 136 valence electrons. The highest BCUT2D eigenvalue weighted by atomic mass is 31.2. The maximum atomic E-state index is 12.5. The highest BCUT2D eigenvalue weighted by molar-refractivity contribution is 7.54. The van der Waals surface area contributed by atoms with Crippen LogP contribution in [0.15, 0.2) is 41.5 Å². The van der Waals surface area contributed by atoms with Gasteiger partial charge >= 0.3 is 13.7 Å². The van der Waals surface area contributed by atoms with Crippen LogP contribution in [0.4, 0.5) is 4.79 Å². The van der Waals surface area contributed by atoms with E-state index < -0.39 is 19.6 Å². The molecule has 8 heteroatoms. The highest BCUT2D eigenvalue weighted by Crippen LogP contribution is 2.49. The zero-order valence-electron chi connectivity index (χ0n) is 14.6. The molecule has 1 heterocycles. The monoisotopic (exact) mass is 367 g/mol. The Balaban J connectivity index is 2.06. The molecule has 1 aliphatic rings. The number of hydrogen-bond donors (Lipinski definition) is 0. The van der Waals surface area contributed by atoms with Crippen LogP contribution < -0.4 is 0 Å². The van der Waals surface area contributed by atoms with Gasteiger partial charge in [0.1, 0.15) is 6.61 Å². The van der Waals surface area contributed by atoms with Gasteiger partial charge in [-0.15, -0.1) is 0 Å². The van der Waals surface area contributed by atoms with Crippen molar-refractivity contribution in [3.63, 3.8) is 0 Å². The van der Waals surface area contributed by atoms with Gasteiger partial charge in [0, 0.05) is 19.8 Å². The molecule has 1 aromatic rings. The zero-order chi connectivity index (χ0) is 18.4. The predicted octanol–water partition coefficient (Wildman–Crippen LogP) is 3.36. The normalized spacial score (nSPS) is 15.0. The molecule has 0 radical (unpaired) electrons. The van der Waals surface area contributed by atoms with Crippen LogP contribution in [0.2, 0.25) is 0 Å². The predicted molar refractivity (Wildman–Crippen MR) is 92.1 cm³/mol. The minimum atomic E-state index is -3.32. The quantitative estimate of drug-likeness (QED) is 0.688. The maximum absolute atomic E-state index is 12.5. The Morgan fingerprint density at radius 3 is 2.40 bits per heavy atom. The van der Waals surface area contributed by atoms with E-state index in [1.807, 2.05) is 30.3 Å². The van der Waals surface area contributed by atoms with E-state index in [0.717, 1.165) is 10.5 Å². The van der Waals surface area contributed by atoms with E-state index >= 15 is 0 Å². The molecule has 0 atom stereocenters. The van der Waals surface area contributed by atoms with Crippen LogP contribution in [0.5, 0.6) is 0 Å². The van der Waals surface area contributed by atoms with Crippen LogP contribution in [0.3, 0.4) is 0 Å². The first kappa shape index (κ1) is 19.4. The molecule has 0 fully saturated rings. The Labute approximate surface area is 147 Å². The van der Waals surface area contributed by atoms with Crippen molar-refractivity contribution in [3.8, 4) is 0 Å². The van der Waals surface area contributed by atoms with Gasteiger partial charge < -0.3 is 13.8 Å². The van der Waals surface area contributed by atoms with E-state index in [0.29, 0.717) is 17.6 Å². The molecular formula is C17H22NO6P. The molecule has 0 N–H and O–H groups in total. The first-order chi connectivity index (χ1) is 11.9. The van der Waals surface area contributed by atoms with Gasteiger partial charge in [0.05, 0.1) is 12.7 Å². The molecule has 2 amide bonds. The smallest absolute Gasteiger partial charge is 0.417 e. The molecule has 0 aliphatic carbocycles. The number of amides is 2. The van der Waals surface area contributed by atoms with Crippen molar-refractivity contribution in [1.29, 1.82) is 0 Å². The minimum Gasteiger partial charge on any atom is -0.444 e. The van der Waals surface area contributed by atoms with Gasteiger partial charge in [-0.1, -0.05) is 37.3 Å². The SMILES string of the molecule is CCC1=C(CP(=O)(OC)OC)CN(C(=O)OCc2ccccc2)C1=O. The van der Waals surface area contributed by atoms with Gasteiger partial charge in [0.15, 0.2) is 0 Å². The molecule has 0 saturated carbocycles. The van der Waals surface area contributed by atoms with Crippen molar-refractivity contribution >= 4 is 19.6 Å². The van der Waals surface area contributed by atoms with Crippen LogP contribution in [-0.2, 0) is 29.8 Å². The highest BCUT2D eigenvalue weighted by Gasteiger charge is 2.37. The molecule has 0 unspecified atom stereocenters. The van der Waals surface area contributed by atoms with E-state index in [9.17, 15) is 14.2 Å². The Hall–Kier alpha value is -1.95. The van der Waals surface area contributed by atoms with Crippen LogP contribution >= 0.6 is 7.60 Å². The first-order valence-corrected chi connectivity index (χ1v) is 9.60. The van der Waals surface area contributed by atoms with Crippen LogP contribution in [0.1, 0.15) is 18.9 Å². The van der Waals surface area contributed by atoms with Crippen molar-refractivity contribution in [3.05, 3.63) is 47.0 Å². The van der Waals surface area contributed by atoms with Gasteiger partial charge in [0.2, 0.25) is 0 Å². The molecule has 1 aliphatic heterocycles. The second kappa shape index (κ2) is 8.43. The van der Waals surface area contributed by atoms with Crippen LogP contribution in [0.25, 0.3) is 0 Å². The Bertz CT molecular complexity index is 707. The topological polar surface area (TPSA) is 82.1 Å². The van der Waals surface area contributed by atoms with Crippen molar-refractivity contribution in [2.45, 2.75) is 20.0 Å².